The van der Waals surface area contributed by atoms with Gasteiger partial charge in [-0.15, -0.1) is 12.4 Å². The van der Waals surface area contributed by atoms with Crippen LogP contribution in [0.2, 0.25) is 0 Å². The second-order valence-electron chi connectivity index (χ2n) is 7.33. The molecule has 2 amide bonds. The third-order valence-corrected chi connectivity index (χ3v) is 4.52. The number of piperidine rings is 1. The summed E-state index contributed by atoms with van der Waals surface area (Å²) in [5.41, 5.74) is 7.40. The van der Waals surface area contributed by atoms with Crippen LogP contribution in [-0.2, 0) is 4.79 Å². The zero-order valence-electron chi connectivity index (χ0n) is 14.8. The number of likely N-dealkylation sites (tertiary alicyclic amines) is 1. The lowest BCUT2D eigenvalue weighted by molar-refractivity contribution is -0.118. The molecule has 0 aromatic heterocycles. The van der Waals surface area contributed by atoms with Gasteiger partial charge in [-0.3, -0.25) is 9.59 Å². The fourth-order valence-electron chi connectivity index (χ4n) is 2.71. The molecule has 3 N–H and O–H groups in total. The third kappa shape index (κ3) is 4.71. The number of carbonyl (C=O) groups excluding carboxylic acids is 2. The molecule has 134 valence electrons. The van der Waals surface area contributed by atoms with Gasteiger partial charge >= 0.3 is 0 Å². The highest BCUT2D eigenvalue weighted by atomic mass is 35.5. The lowest BCUT2D eigenvalue weighted by Crippen LogP contribution is -2.53. The van der Waals surface area contributed by atoms with Crippen LogP contribution in [0.3, 0.4) is 0 Å². The highest BCUT2D eigenvalue weighted by Crippen LogP contribution is 2.28. The van der Waals surface area contributed by atoms with E-state index in [0.717, 1.165) is 6.42 Å². The molecule has 1 saturated heterocycles. The van der Waals surface area contributed by atoms with Crippen molar-refractivity contribution < 1.29 is 9.59 Å². The molecule has 24 heavy (non-hydrogen) atoms. The van der Waals surface area contributed by atoms with Gasteiger partial charge < -0.3 is 16.0 Å². The van der Waals surface area contributed by atoms with Crippen LogP contribution in [0.15, 0.2) is 24.3 Å². The number of nitrogens with two attached hydrogens (primary N) is 1. The number of carbonyl (C=O) groups is 2. The predicted octanol–water partition coefficient (Wildman–Crippen LogP) is 2.90. The number of nitrogens with zero attached hydrogens (tertiary/aromatic N) is 1. The minimum Gasteiger partial charge on any atom is -0.338 e. The van der Waals surface area contributed by atoms with Crippen molar-refractivity contribution >= 4 is 29.9 Å². The minimum absolute atomic E-state index is 0. The van der Waals surface area contributed by atoms with E-state index in [4.69, 9.17) is 5.73 Å². The summed E-state index contributed by atoms with van der Waals surface area (Å²) in [7, 11) is 0. The van der Waals surface area contributed by atoms with E-state index in [9.17, 15) is 9.59 Å². The number of nitrogens with one attached hydrogen (secondary N) is 1. The molecule has 1 unspecified atom stereocenters. The number of rotatable bonds is 3. The standard InChI is InChI=1S/C18H27N3O2.ClH/c1-12(2)16(22)20-14-7-5-13(6-8-14)17(23)21-10-9-15(19)18(3,4)11-21;/h5-8,12,15H,9-11,19H2,1-4H3,(H,20,22);1H. The van der Waals surface area contributed by atoms with Gasteiger partial charge in [0, 0.05) is 36.3 Å². The van der Waals surface area contributed by atoms with Crippen LogP contribution in [0.1, 0.15) is 44.5 Å². The Bertz CT molecular complexity index is 584. The molecule has 0 aliphatic carbocycles. The first-order chi connectivity index (χ1) is 10.7. The topological polar surface area (TPSA) is 75.4 Å². The van der Waals surface area contributed by atoms with Crippen LogP contribution in [0.4, 0.5) is 5.69 Å². The summed E-state index contributed by atoms with van der Waals surface area (Å²) in [4.78, 5) is 26.2. The maximum Gasteiger partial charge on any atom is 0.253 e. The summed E-state index contributed by atoms with van der Waals surface area (Å²) in [5, 5.41) is 2.83. The normalized spacial score (nSPS) is 19.6. The molecule has 0 bridgehead atoms. The van der Waals surface area contributed by atoms with E-state index in [0.29, 0.717) is 24.3 Å². The van der Waals surface area contributed by atoms with Crippen molar-refractivity contribution in [2.24, 2.45) is 17.1 Å². The zero-order valence-corrected chi connectivity index (χ0v) is 15.7. The predicted molar refractivity (Wildman–Crippen MR) is 99.4 cm³/mol. The summed E-state index contributed by atoms with van der Waals surface area (Å²) >= 11 is 0. The first-order valence-corrected chi connectivity index (χ1v) is 8.16. The van der Waals surface area contributed by atoms with Crippen molar-refractivity contribution in [1.82, 2.24) is 4.90 Å². The van der Waals surface area contributed by atoms with Gasteiger partial charge in [0.15, 0.2) is 0 Å². The number of halogens is 1. The number of hydrogen-bond acceptors (Lipinski definition) is 3. The molecule has 1 aliphatic rings. The Morgan fingerprint density at radius 3 is 2.33 bits per heavy atom. The van der Waals surface area contributed by atoms with Crippen molar-refractivity contribution in [2.75, 3.05) is 18.4 Å². The molecule has 5 nitrogen and oxygen atoms in total. The molecule has 0 saturated carbocycles. The minimum atomic E-state index is -0.0731. The van der Waals surface area contributed by atoms with Crippen LogP contribution >= 0.6 is 12.4 Å². The van der Waals surface area contributed by atoms with Gasteiger partial charge in [0.25, 0.3) is 5.91 Å². The molecular weight excluding hydrogens is 326 g/mol. The van der Waals surface area contributed by atoms with E-state index in [1.54, 1.807) is 24.3 Å². The number of anilines is 1. The average Bonchev–Trinajstić information content (AvgIpc) is 2.50. The molecule has 2 rings (SSSR count). The Kier molecular flexibility index (Phi) is 6.81. The van der Waals surface area contributed by atoms with Crippen LogP contribution in [0, 0.1) is 11.3 Å². The lowest BCUT2D eigenvalue weighted by Gasteiger charge is -2.42. The molecule has 1 heterocycles. The Balaban J connectivity index is 0.00000288. The first kappa shape index (κ1) is 20.5. The molecule has 6 heteroatoms. The molecule has 1 aromatic rings. The summed E-state index contributed by atoms with van der Waals surface area (Å²) in [6.07, 6.45) is 0.821. The zero-order chi connectivity index (χ0) is 17.2. The SMILES string of the molecule is CC(C)C(=O)Nc1ccc(C(=O)N2CCC(N)C(C)(C)C2)cc1.Cl. The monoisotopic (exact) mass is 353 g/mol. The van der Waals surface area contributed by atoms with Gasteiger partial charge in [0.1, 0.15) is 0 Å². The first-order valence-electron chi connectivity index (χ1n) is 8.16. The molecule has 1 atom stereocenters. The van der Waals surface area contributed by atoms with Gasteiger partial charge in [-0.05, 0) is 36.1 Å². The Hall–Kier alpha value is -1.59. The molecule has 1 fully saturated rings. The van der Waals surface area contributed by atoms with Gasteiger partial charge in [0.2, 0.25) is 5.91 Å². The van der Waals surface area contributed by atoms with Gasteiger partial charge in [0.05, 0.1) is 0 Å². The lowest BCUT2D eigenvalue weighted by atomic mass is 9.79. The average molecular weight is 354 g/mol. The second-order valence-corrected chi connectivity index (χ2v) is 7.33. The number of benzene rings is 1. The van der Waals surface area contributed by atoms with Crippen LogP contribution < -0.4 is 11.1 Å². The van der Waals surface area contributed by atoms with Crippen LogP contribution in [0.5, 0.6) is 0 Å². The molecule has 1 aromatic carbocycles. The van der Waals surface area contributed by atoms with Crippen LogP contribution in [-0.4, -0.2) is 35.8 Å². The maximum atomic E-state index is 12.6. The van der Waals surface area contributed by atoms with Gasteiger partial charge in [-0.2, -0.15) is 0 Å². The molecule has 1 aliphatic heterocycles. The molecular formula is C18H28ClN3O2. The van der Waals surface area contributed by atoms with Gasteiger partial charge in [-0.25, -0.2) is 0 Å². The summed E-state index contributed by atoms with van der Waals surface area (Å²) in [6.45, 7) is 9.24. The molecule has 0 radical (unpaired) electrons. The van der Waals surface area contributed by atoms with E-state index < -0.39 is 0 Å². The highest BCUT2D eigenvalue weighted by Gasteiger charge is 2.35. The summed E-state index contributed by atoms with van der Waals surface area (Å²) in [6, 6.07) is 7.20. The third-order valence-electron chi connectivity index (χ3n) is 4.52. The van der Waals surface area contributed by atoms with E-state index >= 15 is 0 Å². The Morgan fingerprint density at radius 1 is 1.25 bits per heavy atom. The second kappa shape index (κ2) is 7.99. The van der Waals surface area contributed by atoms with Crippen molar-refractivity contribution in [3.63, 3.8) is 0 Å². The highest BCUT2D eigenvalue weighted by molar-refractivity contribution is 5.96. The Morgan fingerprint density at radius 2 is 1.83 bits per heavy atom. The van der Waals surface area contributed by atoms with Crippen molar-refractivity contribution in [3.05, 3.63) is 29.8 Å². The smallest absolute Gasteiger partial charge is 0.253 e. The number of hydrogen-bond donors (Lipinski definition) is 2. The Labute approximate surface area is 150 Å². The summed E-state index contributed by atoms with van der Waals surface area (Å²) < 4.78 is 0. The van der Waals surface area contributed by atoms with E-state index in [-0.39, 0.29) is 41.6 Å². The van der Waals surface area contributed by atoms with Crippen molar-refractivity contribution in [1.29, 1.82) is 0 Å². The molecule has 0 spiro atoms. The van der Waals surface area contributed by atoms with Gasteiger partial charge in [-0.1, -0.05) is 27.7 Å². The van der Waals surface area contributed by atoms with Crippen LogP contribution in [0.25, 0.3) is 0 Å². The fraction of sp³-hybridized carbons (Fsp3) is 0.556. The van der Waals surface area contributed by atoms with Crippen molar-refractivity contribution in [2.45, 2.75) is 40.2 Å². The van der Waals surface area contributed by atoms with E-state index in [1.165, 1.54) is 0 Å². The van der Waals surface area contributed by atoms with E-state index in [1.807, 2.05) is 18.7 Å². The summed E-state index contributed by atoms with van der Waals surface area (Å²) in [5.74, 6) is -0.0846. The maximum absolute atomic E-state index is 12.6. The number of amides is 2. The quantitative estimate of drug-likeness (QED) is 0.877. The van der Waals surface area contributed by atoms with E-state index in [2.05, 4.69) is 19.2 Å². The largest absolute Gasteiger partial charge is 0.338 e. The van der Waals surface area contributed by atoms with Crippen molar-refractivity contribution in [3.8, 4) is 0 Å². The fourth-order valence-corrected chi connectivity index (χ4v) is 2.71.